The molecule has 1 amide bonds. The first-order chi connectivity index (χ1) is 8.76. The van der Waals surface area contributed by atoms with E-state index in [1.165, 1.54) is 11.3 Å². The molecular formula is C12H19ClN2O2S. The van der Waals surface area contributed by atoms with Crippen LogP contribution in [0, 0.1) is 0 Å². The van der Waals surface area contributed by atoms with Crippen LogP contribution in [0.5, 0.6) is 0 Å². The summed E-state index contributed by atoms with van der Waals surface area (Å²) < 4.78 is 4.96. The number of hydrogen-bond acceptors (Lipinski definition) is 4. The molecule has 1 aromatic heterocycles. The van der Waals surface area contributed by atoms with Gasteiger partial charge < -0.3 is 10.1 Å². The van der Waals surface area contributed by atoms with Crippen LogP contribution >= 0.6 is 22.9 Å². The number of carbonyl (C=O) groups excluding carboxylic acids is 1. The lowest BCUT2D eigenvalue weighted by Gasteiger charge is -2.03. The molecule has 0 unspecified atom stereocenters. The summed E-state index contributed by atoms with van der Waals surface area (Å²) >= 11 is 7.13. The minimum Gasteiger partial charge on any atom is -0.385 e. The van der Waals surface area contributed by atoms with Crippen LogP contribution in [0.25, 0.3) is 0 Å². The number of nitrogens with zero attached hydrogens (tertiary/aromatic N) is 1. The van der Waals surface area contributed by atoms with Gasteiger partial charge in [0.25, 0.3) is 0 Å². The number of thiazole rings is 1. The van der Waals surface area contributed by atoms with Gasteiger partial charge >= 0.3 is 0 Å². The number of alkyl halides is 1. The van der Waals surface area contributed by atoms with Gasteiger partial charge in [-0.3, -0.25) is 4.79 Å². The van der Waals surface area contributed by atoms with Crippen LogP contribution in [0.1, 0.15) is 30.0 Å². The van der Waals surface area contributed by atoms with Gasteiger partial charge in [-0.2, -0.15) is 0 Å². The first-order valence-corrected chi connectivity index (χ1v) is 7.42. The van der Waals surface area contributed by atoms with E-state index in [4.69, 9.17) is 16.3 Å². The maximum atomic E-state index is 11.6. The van der Waals surface area contributed by atoms with Crippen LogP contribution < -0.4 is 5.32 Å². The van der Waals surface area contributed by atoms with Crippen LogP contribution in [0.15, 0.2) is 5.38 Å². The number of rotatable bonds is 9. The highest BCUT2D eigenvalue weighted by Crippen LogP contribution is 2.11. The van der Waals surface area contributed by atoms with E-state index in [9.17, 15) is 4.79 Å². The van der Waals surface area contributed by atoms with Crippen molar-refractivity contribution in [1.82, 2.24) is 10.3 Å². The number of halogens is 1. The van der Waals surface area contributed by atoms with Gasteiger partial charge in [-0.1, -0.05) is 0 Å². The Morgan fingerprint density at radius 3 is 3.00 bits per heavy atom. The van der Waals surface area contributed by atoms with Crippen molar-refractivity contribution < 1.29 is 9.53 Å². The van der Waals surface area contributed by atoms with E-state index in [1.54, 1.807) is 7.11 Å². The van der Waals surface area contributed by atoms with Crippen LogP contribution in [0.2, 0.25) is 0 Å². The first kappa shape index (κ1) is 15.4. The smallest absolute Gasteiger partial charge is 0.226 e. The molecule has 6 heteroatoms. The molecule has 1 N–H and O–H groups in total. The second-order valence-corrected chi connectivity index (χ2v) is 5.16. The molecule has 18 heavy (non-hydrogen) atoms. The zero-order chi connectivity index (χ0) is 13.2. The predicted octanol–water partition coefficient (Wildman–Crippen LogP) is 2.36. The van der Waals surface area contributed by atoms with Crippen molar-refractivity contribution in [2.75, 3.05) is 20.3 Å². The van der Waals surface area contributed by atoms with Gasteiger partial charge in [0.05, 0.1) is 18.0 Å². The highest BCUT2D eigenvalue weighted by Gasteiger charge is 2.06. The Balaban J connectivity index is 2.10. The van der Waals surface area contributed by atoms with Crippen LogP contribution in [0.4, 0.5) is 0 Å². The lowest BCUT2D eigenvalue weighted by Crippen LogP contribution is -2.26. The second kappa shape index (κ2) is 9.30. The monoisotopic (exact) mass is 290 g/mol. The van der Waals surface area contributed by atoms with Gasteiger partial charge in [0.2, 0.25) is 5.91 Å². The summed E-state index contributed by atoms with van der Waals surface area (Å²) in [7, 11) is 1.70. The number of carbonyl (C=O) groups is 1. The molecule has 0 aromatic carbocycles. The SMILES string of the molecule is COCCCCCNC(=O)Cc1nc(CCl)cs1. The number of hydrogen-bond donors (Lipinski definition) is 1. The molecule has 0 saturated heterocycles. The standard InChI is InChI=1S/C12H19ClN2O2S/c1-17-6-4-2-3-5-14-11(16)7-12-15-10(8-13)9-18-12/h9H,2-8H2,1H3,(H,14,16). The van der Waals surface area contributed by atoms with E-state index in [-0.39, 0.29) is 5.91 Å². The molecule has 0 aliphatic rings. The average Bonchev–Trinajstić information content (AvgIpc) is 2.81. The van der Waals surface area contributed by atoms with Crippen molar-refractivity contribution in [3.05, 3.63) is 16.1 Å². The molecule has 0 atom stereocenters. The third-order valence-electron chi connectivity index (χ3n) is 2.40. The summed E-state index contributed by atoms with van der Waals surface area (Å²) in [5, 5.41) is 5.60. The summed E-state index contributed by atoms with van der Waals surface area (Å²) in [6.07, 6.45) is 3.44. The minimum absolute atomic E-state index is 0.0252. The van der Waals surface area contributed by atoms with Gasteiger partial charge in [-0.15, -0.1) is 22.9 Å². The molecule has 0 saturated carbocycles. The number of ether oxygens (including phenoxy) is 1. The summed E-state index contributed by atoms with van der Waals surface area (Å²) in [5.74, 6) is 0.426. The predicted molar refractivity (Wildman–Crippen MR) is 74.1 cm³/mol. The zero-order valence-electron chi connectivity index (χ0n) is 10.6. The minimum atomic E-state index is 0.0252. The zero-order valence-corrected chi connectivity index (χ0v) is 12.1. The number of nitrogens with one attached hydrogen (secondary N) is 1. The van der Waals surface area contributed by atoms with Crippen molar-refractivity contribution in [2.24, 2.45) is 0 Å². The lowest BCUT2D eigenvalue weighted by atomic mass is 10.2. The van der Waals surface area contributed by atoms with Crippen LogP contribution in [-0.4, -0.2) is 31.2 Å². The fourth-order valence-electron chi connectivity index (χ4n) is 1.47. The number of methoxy groups -OCH3 is 1. The first-order valence-electron chi connectivity index (χ1n) is 6.01. The Morgan fingerprint density at radius 2 is 2.33 bits per heavy atom. The van der Waals surface area contributed by atoms with Crippen molar-refractivity contribution in [3.63, 3.8) is 0 Å². The van der Waals surface area contributed by atoms with Crippen molar-refractivity contribution in [1.29, 1.82) is 0 Å². The molecule has 0 aliphatic carbocycles. The van der Waals surface area contributed by atoms with E-state index < -0.39 is 0 Å². The Bertz CT molecular complexity index is 358. The highest BCUT2D eigenvalue weighted by molar-refractivity contribution is 7.09. The highest BCUT2D eigenvalue weighted by atomic mass is 35.5. The Labute approximate surface area is 117 Å². The third-order valence-corrected chi connectivity index (χ3v) is 3.57. The van der Waals surface area contributed by atoms with E-state index in [2.05, 4.69) is 10.3 Å². The van der Waals surface area contributed by atoms with E-state index in [1.807, 2.05) is 5.38 Å². The molecule has 0 radical (unpaired) electrons. The van der Waals surface area contributed by atoms with Crippen LogP contribution in [-0.2, 0) is 21.8 Å². The molecule has 1 heterocycles. The maximum absolute atomic E-state index is 11.6. The molecule has 102 valence electrons. The number of aromatic nitrogens is 1. The molecule has 0 fully saturated rings. The van der Waals surface area contributed by atoms with E-state index in [0.29, 0.717) is 12.3 Å². The van der Waals surface area contributed by atoms with Crippen LogP contribution in [0.3, 0.4) is 0 Å². The normalized spacial score (nSPS) is 10.6. The van der Waals surface area contributed by atoms with Gasteiger partial charge in [0, 0.05) is 25.6 Å². The average molecular weight is 291 g/mol. The number of amides is 1. The Kier molecular flexibility index (Phi) is 7.96. The number of unbranched alkanes of at least 4 members (excludes halogenated alkanes) is 2. The third kappa shape index (κ3) is 6.33. The maximum Gasteiger partial charge on any atom is 0.226 e. The fraction of sp³-hybridized carbons (Fsp3) is 0.667. The Hall–Kier alpha value is -0.650. The molecule has 0 spiro atoms. The van der Waals surface area contributed by atoms with E-state index in [0.717, 1.165) is 43.1 Å². The summed E-state index contributed by atoms with van der Waals surface area (Å²) in [6, 6.07) is 0. The molecule has 1 aromatic rings. The second-order valence-electron chi connectivity index (χ2n) is 3.95. The van der Waals surface area contributed by atoms with Gasteiger partial charge in [0.1, 0.15) is 5.01 Å². The van der Waals surface area contributed by atoms with Crippen molar-refractivity contribution in [3.8, 4) is 0 Å². The van der Waals surface area contributed by atoms with Gasteiger partial charge in [-0.05, 0) is 19.3 Å². The largest absolute Gasteiger partial charge is 0.385 e. The molecule has 0 bridgehead atoms. The van der Waals surface area contributed by atoms with Gasteiger partial charge in [-0.25, -0.2) is 4.98 Å². The van der Waals surface area contributed by atoms with Gasteiger partial charge in [0.15, 0.2) is 0 Å². The molecule has 4 nitrogen and oxygen atoms in total. The fourth-order valence-corrected chi connectivity index (χ4v) is 2.49. The summed E-state index contributed by atoms with van der Waals surface area (Å²) in [6.45, 7) is 1.50. The molecule has 0 aliphatic heterocycles. The Morgan fingerprint density at radius 1 is 1.50 bits per heavy atom. The van der Waals surface area contributed by atoms with Crippen molar-refractivity contribution >= 4 is 28.8 Å². The molecule has 1 rings (SSSR count). The lowest BCUT2D eigenvalue weighted by molar-refractivity contribution is -0.120. The summed E-state index contributed by atoms with van der Waals surface area (Å²) in [5.41, 5.74) is 0.837. The quantitative estimate of drug-likeness (QED) is 0.561. The van der Waals surface area contributed by atoms with E-state index >= 15 is 0 Å². The van der Waals surface area contributed by atoms with Crippen molar-refractivity contribution in [2.45, 2.75) is 31.6 Å². The summed E-state index contributed by atoms with van der Waals surface area (Å²) in [4.78, 5) is 15.8. The topological polar surface area (TPSA) is 51.2 Å². The molecular weight excluding hydrogens is 272 g/mol.